The maximum atomic E-state index is 13.1. The monoisotopic (exact) mass is 592 g/mol. The molecule has 0 saturated carbocycles. The van der Waals surface area contributed by atoms with Crippen LogP contribution in [-0.2, 0) is 6.54 Å². The lowest BCUT2D eigenvalue weighted by atomic mass is 10.0. The number of nitrogens with zero attached hydrogens (tertiary/aromatic N) is 1. The summed E-state index contributed by atoms with van der Waals surface area (Å²) < 4.78 is 18.2. The van der Waals surface area contributed by atoms with Gasteiger partial charge in [0.1, 0.15) is 16.6 Å². The molecule has 0 bridgehead atoms. The van der Waals surface area contributed by atoms with Crippen molar-refractivity contribution < 1.29 is 23.8 Å². The summed E-state index contributed by atoms with van der Waals surface area (Å²) in [5.41, 5.74) is 4.56. The van der Waals surface area contributed by atoms with Crippen molar-refractivity contribution in [2.24, 2.45) is 0 Å². The van der Waals surface area contributed by atoms with Crippen LogP contribution in [0.1, 0.15) is 15.9 Å². The van der Waals surface area contributed by atoms with Crippen molar-refractivity contribution in [2.75, 3.05) is 0 Å². The van der Waals surface area contributed by atoms with Gasteiger partial charge in [-0.05, 0) is 59.7 Å². The molecule has 0 aliphatic rings. The first-order valence-corrected chi connectivity index (χ1v) is 13.5. The third-order valence-corrected chi connectivity index (χ3v) is 7.60. The van der Waals surface area contributed by atoms with Crippen LogP contribution >= 0.6 is 34.5 Å². The van der Waals surface area contributed by atoms with E-state index in [0.717, 1.165) is 11.1 Å². The molecule has 10 heteroatoms. The number of halogens is 3. The molecule has 0 radical (unpaired) electrons. The molecule has 5 aromatic rings. The van der Waals surface area contributed by atoms with Gasteiger partial charge >= 0.3 is 6.16 Å². The summed E-state index contributed by atoms with van der Waals surface area (Å²) in [6.45, 7) is 0.252. The second-order valence-corrected chi connectivity index (χ2v) is 10.3. The van der Waals surface area contributed by atoms with Gasteiger partial charge in [0, 0.05) is 34.2 Å². The molecular formula is C30H19Cl2FN2O4S. The van der Waals surface area contributed by atoms with Crippen molar-refractivity contribution in [3.63, 3.8) is 0 Å². The maximum absolute atomic E-state index is 13.1. The summed E-state index contributed by atoms with van der Waals surface area (Å²) in [5.74, 6) is -0.510. The Morgan fingerprint density at radius 3 is 2.27 bits per heavy atom. The predicted octanol–water partition coefficient (Wildman–Crippen LogP) is 8.58. The Kier molecular flexibility index (Phi) is 8.11. The van der Waals surface area contributed by atoms with E-state index >= 15 is 0 Å². The Morgan fingerprint density at radius 2 is 1.57 bits per heavy atom. The van der Waals surface area contributed by atoms with E-state index in [1.54, 1.807) is 60.7 Å². The fraction of sp³-hybridized carbons (Fsp3) is 0.0333. The lowest BCUT2D eigenvalue weighted by molar-refractivity contribution is 0.0950. The van der Waals surface area contributed by atoms with Gasteiger partial charge in [0.15, 0.2) is 0 Å². The van der Waals surface area contributed by atoms with Crippen LogP contribution in [0.4, 0.5) is 9.18 Å². The molecule has 1 amide bonds. The van der Waals surface area contributed by atoms with Gasteiger partial charge in [-0.2, -0.15) is 0 Å². The van der Waals surface area contributed by atoms with Gasteiger partial charge in [0.05, 0.1) is 15.7 Å². The normalized spacial score (nSPS) is 10.8. The number of rotatable bonds is 7. The van der Waals surface area contributed by atoms with Gasteiger partial charge in [0.25, 0.3) is 5.91 Å². The SMILES string of the molecule is O=C(O)Oc1cc(-c2nc(-c3ccc(Cl)c(Cl)c3)cs2)ccc1-c1ccc(C(=O)NCc2ccc(F)cc2)cc1. The molecule has 0 fully saturated rings. The summed E-state index contributed by atoms with van der Waals surface area (Å²) in [5, 5.41) is 15.6. The molecule has 0 unspecified atom stereocenters. The van der Waals surface area contributed by atoms with E-state index in [-0.39, 0.29) is 24.0 Å². The lowest BCUT2D eigenvalue weighted by Crippen LogP contribution is -2.22. The van der Waals surface area contributed by atoms with E-state index in [0.29, 0.717) is 43.0 Å². The highest BCUT2D eigenvalue weighted by Gasteiger charge is 2.15. The number of amides is 1. The zero-order valence-corrected chi connectivity index (χ0v) is 22.9. The Morgan fingerprint density at radius 1 is 0.875 bits per heavy atom. The van der Waals surface area contributed by atoms with Crippen LogP contribution < -0.4 is 10.1 Å². The average Bonchev–Trinajstić information content (AvgIpc) is 3.44. The third-order valence-electron chi connectivity index (χ3n) is 5.97. The minimum absolute atomic E-state index is 0.129. The quantitative estimate of drug-likeness (QED) is 0.146. The van der Waals surface area contributed by atoms with Gasteiger partial charge in [0.2, 0.25) is 0 Å². The number of aromatic nitrogens is 1. The first-order chi connectivity index (χ1) is 19.3. The van der Waals surface area contributed by atoms with Crippen LogP contribution in [0.25, 0.3) is 33.0 Å². The Balaban J connectivity index is 1.36. The van der Waals surface area contributed by atoms with Crippen molar-refractivity contribution >= 4 is 46.6 Å². The van der Waals surface area contributed by atoms with E-state index in [2.05, 4.69) is 10.3 Å². The lowest BCUT2D eigenvalue weighted by Gasteiger charge is -2.11. The van der Waals surface area contributed by atoms with Gasteiger partial charge in [-0.3, -0.25) is 4.79 Å². The number of thiazole rings is 1. The third kappa shape index (κ3) is 6.31. The van der Waals surface area contributed by atoms with Crippen molar-refractivity contribution in [3.05, 3.63) is 117 Å². The highest BCUT2D eigenvalue weighted by Crippen LogP contribution is 2.37. The maximum Gasteiger partial charge on any atom is 0.511 e. The highest BCUT2D eigenvalue weighted by molar-refractivity contribution is 7.13. The van der Waals surface area contributed by atoms with Gasteiger partial charge < -0.3 is 15.2 Å². The number of carboxylic acid groups (broad SMARTS) is 1. The topological polar surface area (TPSA) is 88.5 Å². The van der Waals surface area contributed by atoms with Crippen molar-refractivity contribution in [2.45, 2.75) is 6.54 Å². The minimum atomic E-state index is -1.45. The number of hydrogen-bond acceptors (Lipinski definition) is 5. The zero-order chi connectivity index (χ0) is 28.2. The number of carbonyl (C=O) groups is 2. The minimum Gasteiger partial charge on any atom is -0.449 e. The molecule has 5 rings (SSSR count). The van der Waals surface area contributed by atoms with E-state index in [1.165, 1.54) is 23.5 Å². The first-order valence-electron chi connectivity index (χ1n) is 11.9. The summed E-state index contributed by atoms with van der Waals surface area (Å²) in [6, 6.07) is 23.0. The van der Waals surface area contributed by atoms with E-state index in [1.807, 2.05) is 17.5 Å². The van der Waals surface area contributed by atoms with Crippen LogP contribution in [-0.4, -0.2) is 22.2 Å². The van der Waals surface area contributed by atoms with Crippen molar-refractivity contribution in [3.8, 4) is 38.7 Å². The van der Waals surface area contributed by atoms with Gasteiger partial charge in [-0.15, -0.1) is 11.3 Å². The molecule has 6 nitrogen and oxygen atoms in total. The smallest absolute Gasteiger partial charge is 0.449 e. The molecule has 0 spiro atoms. The molecule has 1 aromatic heterocycles. The first kappa shape index (κ1) is 27.3. The van der Waals surface area contributed by atoms with Gasteiger partial charge in [-0.1, -0.05) is 59.6 Å². The average molecular weight is 593 g/mol. The molecule has 0 atom stereocenters. The van der Waals surface area contributed by atoms with Crippen molar-refractivity contribution in [1.29, 1.82) is 0 Å². The second-order valence-electron chi connectivity index (χ2n) is 8.63. The summed E-state index contributed by atoms with van der Waals surface area (Å²) in [6.07, 6.45) is -1.45. The summed E-state index contributed by atoms with van der Waals surface area (Å²) >= 11 is 13.6. The highest BCUT2D eigenvalue weighted by atomic mass is 35.5. The number of nitrogens with one attached hydrogen (secondary N) is 1. The molecule has 0 aliphatic carbocycles. The fourth-order valence-corrected chi connectivity index (χ4v) is 5.08. The van der Waals surface area contributed by atoms with Crippen molar-refractivity contribution in [1.82, 2.24) is 10.3 Å². The van der Waals surface area contributed by atoms with Crippen LogP contribution in [0, 0.1) is 5.82 Å². The van der Waals surface area contributed by atoms with E-state index in [9.17, 15) is 19.1 Å². The Labute approximate surface area is 242 Å². The Bertz CT molecular complexity index is 1710. The number of carbonyl (C=O) groups excluding carboxylic acids is 1. The molecule has 0 saturated heterocycles. The van der Waals surface area contributed by atoms with E-state index in [4.69, 9.17) is 27.9 Å². The standard InChI is InChI=1S/C30H19Cl2FN2O4S/c31-24-12-8-20(13-25(24)32)26-16-40-29(35-26)21-7-11-23(27(14-21)39-30(37)38)18-3-5-19(6-4-18)28(36)34-15-17-1-9-22(33)10-2-17/h1-14,16H,15H2,(H,34,36)(H,37,38). The molecular weight excluding hydrogens is 574 g/mol. The van der Waals surface area contributed by atoms with Crippen LogP contribution in [0.5, 0.6) is 5.75 Å². The molecule has 40 heavy (non-hydrogen) atoms. The van der Waals surface area contributed by atoms with Gasteiger partial charge in [-0.25, -0.2) is 14.2 Å². The zero-order valence-electron chi connectivity index (χ0n) is 20.5. The number of benzene rings is 4. The summed E-state index contributed by atoms with van der Waals surface area (Å²) in [4.78, 5) is 28.7. The Hall–Kier alpha value is -4.24. The molecule has 1 heterocycles. The predicted molar refractivity (Wildman–Crippen MR) is 155 cm³/mol. The van der Waals surface area contributed by atoms with Crippen LogP contribution in [0.15, 0.2) is 90.3 Å². The fourth-order valence-electron chi connectivity index (χ4n) is 3.95. The number of ether oxygens (including phenoxy) is 1. The molecule has 2 N–H and O–H groups in total. The van der Waals surface area contributed by atoms with Crippen LogP contribution in [0.2, 0.25) is 10.0 Å². The second kappa shape index (κ2) is 11.9. The largest absolute Gasteiger partial charge is 0.511 e. The van der Waals surface area contributed by atoms with E-state index < -0.39 is 6.16 Å². The number of hydrogen-bond donors (Lipinski definition) is 2. The molecule has 4 aromatic carbocycles. The van der Waals surface area contributed by atoms with Crippen LogP contribution in [0.3, 0.4) is 0 Å². The molecule has 0 aliphatic heterocycles. The molecule has 200 valence electrons. The summed E-state index contributed by atoms with van der Waals surface area (Å²) in [7, 11) is 0.